The molecule has 0 bridgehead atoms. The third-order valence-electron chi connectivity index (χ3n) is 2.41. The van der Waals surface area contributed by atoms with Gasteiger partial charge in [0.25, 0.3) is 0 Å². The number of hydrogen-bond acceptors (Lipinski definition) is 3. The number of carbonyl (C=O) groups excluding carboxylic acids is 1. The van der Waals surface area contributed by atoms with Crippen molar-refractivity contribution in [1.29, 1.82) is 0 Å². The summed E-state index contributed by atoms with van der Waals surface area (Å²) < 4.78 is 0. The molecule has 3 heteroatoms. The number of fused-ring (bicyclic) bond motifs is 1. The number of carbonyl (C=O) groups is 1. The van der Waals surface area contributed by atoms with Gasteiger partial charge >= 0.3 is 0 Å². The van der Waals surface area contributed by atoms with Gasteiger partial charge in [-0.3, -0.25) is 4.79 Å². The van der Waals surface area contributed by atoms with Crippen LogP contribution in [-0.4, -0.2) is 17.8 Å². The topological polar surface area (TPSA) is 42.0 Å². The highest BCUT2D eigenvalue weighted by atomic mass is 16.1. The summed E-state index contributed by atoms with van der Waals surface area (Å²) in [5.74, 6) is 0.919. The zero-order chi connectivity index (χ0) is 10.8. The lowest BCUT2D eigenvalue weighted by atomic mass is 10.1. The van der Waals surface area contributed by atoms with E-state index in [-0.39, 0.29) is 5.78 Å². The lowest BCUT2D eigenvalue weighted by Crippen LogP contribution is -1.95. The molecular formula is C12H12N2O. The van der Waals surface area contributed by atoms with Crippen LogP contribution in [0.25, 0.3) is 10.8 Å². The fourth-order valence-electron chi connectivity index (χ4n) is 1.60. The van der Waals surface area contributed by atoms with Crippen molar-refractivity contribution in [3.63, 3.8) is 0 Å². The van der Waals surface area contributed by atoms with E-state index >= 15 is 0 Å². The quantitative estimate of drug-likeness (QED) is 0.757. The Labute approximate surface area is 88.1 Å². The fourth-order valence-corrected chi connectivity index (χ4v) is 1.60. The first-order valence-corrected chi connectivity index (χ1v) is 4.80. The number of nitrogens with one attached hydrogen (secondary N) is 1. The summed E-state index contributed by atoms with van der Waals surface area (Å²) in [6, 6.07) is 7.54. The van der Waals surface area contributed by atoms with E-state index in [1.165, 1.54) is 0 Å². The summed E-state index contributed by atoms with van der Waals surface area (Å²) in [5, 5.41) is 5.08. The maximum absolute atomic E-state index is 11.2. The van der Waals surface area contributed by atoms with E-state index in [2.05, 4.69) is 10.3 Å². The molecule has 0 aliphatic rings. The molecule has 1 aromatic heterocycles. The SMILES string of the molecule is CNc1nccc2cc(C(C)=O)ccc12. The van der Waals surface area contributed by atoms with Gasteiger partial charge in [0.2, 0.25) is 0 Å². The molecule has 76 valence electrons. The van der Waals surface area contributed by atoms with Gasteiger partial charge in [0, 0.05) is 24.2 Å². The average molecular weight is 200 g/mol. The minimum atomic E-state index is 0.0831. The van der Waals surface area contributed by atoms with Crippen molar-refractivity contribution in [2.45, 2.75) is 6.92 Å². The first-order chi connectivity index (χ1) is 7.22. The van der Waals surface area contributed by atoms with Crippen molar-refractivity contribution in [2.24, 2.45) is 0 Å². The fraction of sp³-hybridized carbons (Fsp3) is 0.167. The van der Waals surface area contributed by atoms with E-state index in [4.69, 9.17) is 0 Å². The maximum Gasteiger partial charge on any atom is 0.159 e. The highest BCUT2D eigenvalue weighted by molar-refractivity contribution is 6.00. The minimum absolute atomic E-state index is 0.0831. The third-order valence-corrected chi connectivity index (χ3v) is 2.41. The van der Waals surface area contributed by atoms with E-state index < -0.39 is 0 Å². The number of nitrogens with zero attached hydrogens (tertiary/aromatic N) is 1. The second-order valence-corrected chi connectivity index (χ2v) is 3.40. The Hall–Kier alpha value is -1.90. The largest absolute Gasteiger partial charge is 0.373 e. The molecule has 0 aliphatic carbocycles. The number of anilines is 1. The average Bonchev–Trinajstić information content (AvgIpc) is 2.27. The molecule has 0 atom stereocenters. The zero-order valence-corrected chi connectivity index (χ0v) is 8.74. The normalized spacial score (nSPS) is 10.3. The molecule has 3 nitrogen and oxygen atoms in total. The Bertz CT molecular complexity index is 520. The monoisotopic (exact) mass is 200 g/mol. The van der Waals surface area contributed by atoms with Crippen molar-refractivity contribution in [2.75, 3.05) is 12.4 Å². The summed E-state index contributed by atoms with van der Waals surface area (Å²) in [7, 11) is 1.83. The Morgan fingerprint density at radius 1 is 1.33 bits per heavy atom. The standard InChI is InChI=1S/C12H12N2O/c1-8(15)9-3-4-11-10(7-9)5-6-14-12(11)13-2/h3-7H,1-2H3,(H,13,14). The van der Waals surface area contributed by atoms with Crippen molar-refractivity contribution in [3.8, 4) is 0 Å². The lowest BCUT2D eigenvalue weighted by molar-refractivity contribution is 0.101. The van der Waals surface area contributed by atoms with Crippen LogP contribution in [0.4, 0.5) is 5.82 Å². The third kappa shape index (κ3) is 1.68. The van der Waals surface area contributed by atoms with E-state index in [1.807, 2.05) is 31.3 Å². The molecule has 0 saturated carbocycles. The molecule has 0 fully saturated rings. The van der Waals surface area contributed by atoms with E-state index in [0.717, 1.165) is 22.2 Å². The van der Waals surface area contributed by atoms with Gasteiger partial charge in [-0.1, -0.05) is 6.07 Å². The van der Waals surface area contributed by atoms with Crippen LogP contribution in [-0.2, 0) is 0 Å². The van der Waals surface area contributed by atoms with Crippen LogP contribution in [0, 0.1) is 0 Å². The van der Waals surface area contributed by atoms with Crippen LogP contribution in [0.3, 0.4) is 0 Å². The van der Waals surface area contributed by atoms with Crippen LogP contribution in [0.2, 0.25) is 0 Å². The molecule has 2 aromatic rings. The van der Waals surface area contributed by atoms with Crippen LogP contribution in [0.15, 0.2) is 30.5 Å². The number of rotatable bonds is 2. The number of ketones is 1. The summed E-state index contributed by atoms with van der Waals surface area (Å²) in [5.41, 5.74) is 0.732. The molecule has 1 heterocycles. The molecule has 1 N–H and O–H groups in total. The Balaban J connectivity index is 2.69. The molecule has 0 amide bonds. The number of Topliss-reactive ketones (excluding diaryl/α,β-unsaturated/α-hetero) is 1. The summed E-state index contributed by atoms with van der Waals surface area (Å²) >= 11 is 0. The lowest BCUT2D eigenvalue weighted by Gasteiger charge is -2.05. The molecule has 1 aromatic carbocycles. The van der Waals surface area contributed by atoms with Crippen molar-refractivity contribution in [3.05, 3.63) is 36.0 Å². The predicted molar refractivity (Wildman–Crippen MR) is 61.3 cm³/mol. The van der Waals surface area contributed by atoms with Crippen LogP contribution in [0.1, 0.15) is 17.3 Å². The molecular weight excluding hydrogens is 188 g/mol. The molecule has 15 heavy (non-hydrogen) atoms. The minimum Gasteiger partial charge on any atom is -0.373 e. The van der Waals surface area contributed by atoms with Crippen LogP contribution in [0.5, 0.6) is 0 Å². The molecule has 0 spiro atoms. The first kappa shape index (κ1) is 9.65. The Morgan fingerprint density at radius 2 is 2.13 bits per heavy atom. The summed E-state index contributed by atoms with van der Waals surface area (Å²) in [6.45, 7) is 1.57. The molecule has 0 saturated heterocycles. The highest BCUT2D eigenvalue weighted by Gasteiger charge is 2.03. The number of hydrogen-bond donors (Lipinski definition) is 1. The second-order valence-electron chi connectivity index (χ2n) is 3.40. The van der Waals surface area contributed by atoms with Gasteiger partial charge in [-0.15, -0.1) is 0 Å². The van der Waals surface area contributed by atoms with E-state index in [0.29, 0.717) is 0 Å². The van der Waals surface area contributed by atoms with Gasteiger partial charge < -0.3 is 5.32 Å². The molecule has 2 rings (SSSR count). The smallest absolute Gasteiger partial charge is 0.159 e. The van der Waals surface area contributed by atoms with Gasteiger partial charge in [0.05, 0.1) is 0 Å². The van der Waals surface area contributed by atoms with Crippen LogP contribution >= 0.6 is 0 Å². The van der Waals surface area contributed by atoms with Gasteiger partial charge in [-0.25, -0.2) is 4.98 Å². The highest BCUT2D eigenvalue weighted by Crippen LogP contribution is 2.21. The molecule has 0 unspecified atom stereocenters. The van der Waals surface area contributed by atoms with Gasteiger partial charge in [0.15, 0.2) is 5.78 Å². The van der Waals surface area contributed by atoms with Gasteiger partial charge in [0.1, 0.15) is 5.82 Å². The zero-order valence-electron chi connectivity index (χ0n) is 8.74. The van der Waals surface area contributed by atoms with Crippen molar-refractivity contribution < 1.29 is 4.79 Å². The predicted octanol–water partition coefficient (Wildman–Crippen LogP) is 2.48. The Kier molecular flexibility index (Phi) is 2.37. The van der Waals surface area contributed by atoms with Gasteiger partial charge in [-0.2, -0.15) is 0 Å². The van der Waals surface area contributed by atoms with E-state index in [9.17, 15) is 4.79 Å². The summed E-state index contributed by atoms with van der Waals surface area (Å²) in [4.78, 5) is 15.4. The Morgan fingerprint density at radius 3 is 2.80 bits per heavy atom. The first-order valence-electron chi connectivity index (χ1n) is 4.80. The van der Waals surface area contributed by atoms with E-state index in [1.54, 1.807) is 13.1 Å². The number of pyridine rings is 1. The number of aromatic nitrogens is 1. The van der Waals surface area contributed by atoms with Gasteiger partial charge in [-0.05, 0) is 30.5 Å². The molecule has 0 radical (unpaired) electrons. The summed E-state index contributed by atoms with van der Waals surface area (Å²) in [6.07, 6.45) is 1.73. The maximum atomic E-state index is 11.2. The second kappa shape index (κ2) is 3.69. The van der Waals surface area contributed by atoms with Crippen LogP contribution < -0.4 is 5.32 Å². The molecule has 0 aliphatic heterocycles. The van der Waals surface area contributed by atoms with Crippen molar-refractivity contribution >= 4 is 22.4 Å². The van der Waals surface area contributed by atoms with Crippen molar-refractivity contribution in [1.82, 2.24) is 4.98 Å². The number of benzene rings is 1.